The summed E-state index contributed by atoms with van der Waals surface area (Å²) >= 11 is 1.35. The number of methoxy groups -OCH3 is 2. The van der Waals surface area contributed by atoms with Gasteiger partial charge in [0.15, 0.2) is 0 Å². The summed E-state index contributed by atoms with van der Waals surface area (Å²) in [7, 11) is 3.07. The van der Waals surface area contributed by atoms with Crippen molar-refractivity contribution in [3.05, 3.63) is 30.5 Å². The lowest BCUT2D eigenvalue weighted by atomic mass is 10.1. The second kappa shape index (κ2) is 6.02. The summed E-state index contributed by atoms with van der Waals surface area (Å²) in [6.07, 6.45) is 1.89. The molecule has 4 rings (SSSR count). The van der Waals surface area contributed by atoms with Gasteiger partial charge in [0.1, 0.15) is 5.01 Å². The third kappa shape index (κ3) is 2.74. The number of nitrogens with two attached hydrogens (primary N) is 1. The smallest absolute Gasteiger partial charge is 0.320 e. The van der Waals surface area contributed by atoms with E-state index in [4.69, 9.17) is 15.2 Å². The van der Waals surface area contributed by atoms with E-state index in [0.717, 1.165) is 27.0 Å². The van der Waals surface area contributed by atoms with E-state index in [0.29, 0.717) is 16.7 Å². The molecule has 0 unspecified atom stereocenters. The number of nitrogen functional groups attached to an aromatic ring is 1. The Morgan fingerprint density at radius 3 is 2.68 bits per heavy atom. The normalized spacial score (nSPS) is 11.0. The van der Waals surface area contributed by atoms with Gasteiger partial charge in [-0.25, -0.2) is 0 Å². The summed E-state index contributed by atoms with van der Waals surface area (Å²) in [4.78, 5) is 11.8. The first-order valence-electron chi connectivity index (χ1n) is 7.36. The quantitative estimate of drug-likeness (QED) is 0.579. The summed E-state index contributed by atoms with van der Waals surface area (Å²) in [5.41, 5.74) is 9.22. The van der Waals surface area contributed by atoms with Gasteiger partial charge in [0.25, 0.3) is 0 Å². The molecule has 0 bridgehead atoms. The number of anilines is 1. The lowest BCUT2D eigenvalue weighted by Gasteiger charge is -2.06. The van der Waals surface area contributed by atoms with Crippen LogP contribution in [0.25, 0.3) is 32.7 Å². The fourth-order valence-corrected chi connectivity index (χ4v) is 3.16. The maximum atomic E-state index is 5.69. The minimum atomic E-state index is 0.247. The zero-order chi connectivity index (χ0) is 17.4. The first-order chi connectivity index (χ1) is 12.2. The molecule has 0 aliphatic carbocycles. The number of benzene rings is 1. The topological polar surface area (TPSA) is 112 Å². The molecule has 3 heterocycles. The second-order valence-electron chi connectivity index (χ2n) is 5.19. The van der Waals surface area contributed by atoms with E-state index in [1.807, 2.05) is 24.4 Å². The molecule has 0 aliphatic heterocycles. The Hall–Kier alpha value is -3.20. The van der Waals surface area contributed by atoms with Crippen LogP contribution in [-0.4, -0.2) is 39.4 Å². The number of hydrogen-bond donors (Lipinski definition) is 2. The lowest BCUT2D eigenvalue weighted by molar-refractivity contribution is 0.353. The minimum absolute atomic E-state index is 0.247. The molecule has 0 spiro atoms. The van der Waals surface area contributed by atoms with Crippen LogP contribution >= 0.6 is 11.3 Å². The van der Waals surface area contributed by atoms with Gasteiger partial charge < -0.3 is 20.2 Å². The van der Waals surface area contributed by atoms with Crippen molar-refractivity contribution in [3.63, 3.8) is 0 Å². The first-order valence-corrected chi connectivity index (χ1v) is 8.17. The average molecular weight is 354 g/mol. The third-order valence-electron chi connectivity index (χ3n) is 3.72. The average Bonchev–Trinajstić information content (AvgIpc) is 3.26. The molecule has 0 atom stereocenters. The number of hydrogen-bond acceptors (Lipinski definition) is 8. The van der Waals surface area contributed by atoms with E-state index in [-0.39, 0.29) is 6.01 Å². The van der Waals surface area contributed by atoms with Crippen LogP contribution in [0.3, 0.4) is 0 Å². The number of H-pyrrole nitrogens is 1. The molecule has 0 aliphatic rings. The summed E-state index contributed by atoms with van der Waals surface area (Å²) in [5, 5.41) is 10.2. The van der Waals surface area contributed by atoms with Crippen molar-refractivity contribution in [3.8, 4) is 33.7 Å². The van der Waals surface area contributed by atoms with E-state index < -0.39 is 0 Å². The minimum Gasteiger partial charge on any atom is -0.481 e. The predicted molar refractivity (Wildman–Crippen MR) is 95.7 cm³/mol. The maximum absolute atomic E-state index is 5.69. The van der Waals surface area contributed by atoms with Gasteiger partial charge in [0, 0.05) is 34.3 Å². The highest BCUT2D eigenvalue weighted by atomic mass is 32.1. The Balaban J connectivity index is 1.88. The number of ether oxygens (including phenoxy) is 2. The van der Waals surface area contributed by atoms with Crippen molar-refractivity contribution in [2.24, 2.45) is 0 Å². The highest BCUT2D eigenvalue weighted by Crippen LogP contribution is 2.34. The summed E-state index contributed by atoms with van der Waals surface area (Å²) in [5.74, 6) is 0.434. The van der Waals surface area contributed by atoms with Gasteiger partial charge in [-0.15, -0.1) is 10.2 Å². The molecule has 3 aromatic heterocycles. The Morgan fingerprint density at radius 2 is 1.96 bits per heavy atom. The Bertz CT molecular complexity index is 1040. The summed E-state index contributed by atoms with van der Waals surface area (Å²) in [6.45, 7) is 0. The number of nitrogens with zero attached hydrogens (tertiary/aromatic N) is 4. The number of nitrogens with one attached hydrogen (secondary N) is 1. The van der Waals surface area contributed by atoms with Crippen molar-refractivity contribution < 1.29 is 9.47 Å². The molecule has 126 valence electrons. The van der Waals surface area contributed by atoms with Crippen LogP contribution in [0.2, 0.25) is 0 Å². The highest BCUT2D eigenvalue weighted by molar-refractivity contribution is 7.18. The van der Waals surface area contributed by atoms with E-state index in [1.165, 1.54) is 18.4 Å². The van der Waals surface area contributed by atoms with Crippen molar-refractivity contribution in [2.45, 2.75) is 0 Å². The van der Waals surface area contributed by atoms with Crippen LogP contribution in [-0.2, 0) is 0 Å². The largest absolute Gasteiger partial charge is 0.481 e. The molecule has 9 heteroatoms. The molecule has 3 N–H and O–H groups in total. The molecular weight excluding hydrogens is 340 g/mol. The lowest BCUT2D eigenvalue weighted by Crippen LogP contribution is -1.97. The number of aromatic nitrogens is 5. The van der Waals surface area contributed by atoms with Crippen LogP contribution in [0.4, 0.5) is 5.13 Å². The van der Waals surface area contributed by atoms with Crippen LogP contribution in [0.1, 0.15) is 0 Å². The third-order valence-corrected chi connectivity index (χ3v) is 4.52. The van der Waals surface area contributed by atoms with Crippen molar-refractivity contribution in [1.29, 1.82) is 0 Å². The standard InChI is InChI=1S/C16H14N6O2S/c1-23-13-6-12(19-16(20-13)24-2)10-7-18-11-4-3-8(5-9(10)11)14-21-22-15(17)25-14/h3-7,18H,1-2H3,(H2,17,22). The van der Waals surface area contributed by atoms with Crippen LogP contribution in [0.15, 0.2) is 30.5 Å². The summed E-state index contributed by atoms with van der Waals surface area (Å²) < 4.78 is 10.4. The summed E-state index contributed by atoms with van der Waals surface area (Å²) in [6, 6.07) is 8.00. The molecule has 4 aromatic rings. The molecule has 0 amide bonds. The van der Waals surface area contributed by atoms with Crippen molar-refractivity contribution >= 4 is 27.4 Å². The molecule has 0 fully saturated rings. The molecule has 8 nitrogen and oxygen atoms in total. The second-order valence-corrected chi connectivity index (χ2v) is 6.20. The highest BCUT2D eigenvalue weighted by Gasteiger charge is 2.14. The predicted octanol–water partition coefficient (Wildman–Crippen LogP) is 2.74. The van der Waals surface area contributed by atoms with Gasteiger partial charge in [-0.1, -0.05) is 11.3 Å². The molecule has 0 radical (unpaired) electrons. The van der Waals surface area contributed by atoms with Gasteiger partial charge >= 0.3 is 6.01 Å². The molecule has 0 saturated carbocycles. The van der Waals surface area contributed by atoms with Crippen LogP contribution < -0.4 is 15.2 Å². The van der Waals surface area contributed by atoms with Gasteiger partial charge in [0.05, 0.1) is 19.9 Å². The van der Waals surface area contributed by atoms with Gasteiger partial charge in [-0.3, -0.25) is 0 Å². The fraction of sp³-hybridized carbons (Fsp3) is 0.125. The van der Waals surface area contributed by atoms with E-state index >= 15 is 0 Å². The zero-order valence-corrected chi connectivity index (χ0v) is 14.3. The molecular formula is C16H14N6O2S. The first kappa shape index (κ1) is 15.3. The molecule has 25 heavy (non-hydrogen) atoms. The van der Waals surface area contributed by atoms with Gasteiger partial charge in [0.2, 0.25) is 11.0 Å². The van der Waals surface area contributed by atoms with Crippen molar-refractivity contribution in [1.82, 2.24) is 25.1 Å². The number of rotatable bonds is 4. The van der Waals surface area contributed by atoms with Gasteiger partial charge in [-0.2, -0.15) is 9.97 Å². The fourth-order valence-electron chi connectivity index (χ4n) is 2.55. The maximum Gasteiger partial charge on any atom is 0.320 e. The van der Waals surface area contributed by atoms with E-state index in [1.54, 1.807) is 13.2 Å². The number of aromatic amines is 1. The van der Waals surface area contributed by atoms with Crippen LogP contribution in [0, 0.1) is 0 Å². The monoisotopic (exact) mass is 354 g/mol. The Morgan fingerprint density at radius 1 is 1.08 bits per heavy atom. The van der Waals surface area contributed by atoms with Crippen molar-refractivity contribution in [2.75, 3.05) is 20.0 Å². The Kier molecular flexibility index (Phi) is 3.69. The molecule has 0 saturated heterocycles. The van der Waals surface area contributed by atoms with Gasteiger partial charge in [-0.05, 0) is 18.2 Å². The molecule has 1 aromatic carbocycles. The van der Waals surface area contributed by atoms with E-state index in [2.05, 4.69) is 25.1 Å². The van der Waals surface area contributed by atoms with Crippen LogP contribution in [0.5, 0.6) is 11.9 Å². The van der Waals surface area contributed by atoms with E-state index in [9.17, 15) is 0 Å². The SMILES string of the molecule is COc1cc(-c2c[nH]c3ccc(-c4nnc(N)s4)cc23)nc(OC)n1. The Labute approximate surface area is 146 Å². The zero-order valence-electron chi connectivity index (χ0n) is 13.5. The number of fused-ring (bicyclic) bond motifs is 1.